The molecule has 2 heterocycles. The highest BCUT2D eigenvalue weighted by Gasteiger charge is 2.38. The van der Waals surface area contributed by atoms with E-state index < -0.39 is 12.0 Å². The molecule has 3 amide bonds. The lowest BCUT2D eigenvalue weighted by Gasteiger charge is -2.33. The minimum atomic E-state index is -0.682. The lowest BCUT2D eigenvalue weighted by molar-refractivity contribution is -0.119. The fourth-order valence-electron chi connectivity index (χ4n) is 2.85. The van der Waals surface area contributed by atoms with Crippen molar-refractivity contribution in [3.8, 4) is 11.5 Å². The summed E-state index contributed by atoms with van der Waals surface area (Å²) in [5.74, 6) is 0.0949. The summed E-state index contributed by atoms with van der Waals surface area (Å²) >= 11 is 1.49. The highest BCUT2D eigenvalue weighted by Crippen LogP contribution is 2.34. The number of hydrogen-bond donors (Lipinski definition) is 3. The molecule has 1 aliphatic rings. The molecule has 26 heavy (non-hydrogen) atoms. The topological polar surface area (TPSA) is 88.7 Å². The van der Waals surface area contributed by atoms with Crippen LogP contribution < -0.4 is 25.4 Å². The number of ether oxygens (including phenoxy) is 2. The molecule has 1 saturated heterocycles. The molecule has 0 radical (unpaired) electrons. The number of urea groups is 1. The maximum atomic E-state index is 13.0. The van der Waals surface area contributed by atoms with Gasteiger partial charge in [0.1, 0.15) is 17.4 Å². The smallest absolute Gasteiger partial charge is 0.319 e. The zero-order chi connectivity index (χ0) is 18.7. The molecule has 0 aliphatic carbocycles. The molecule has 3 rings (SSSR count). The molecule has 136 valence electrons. The van der Waals surface area contributed by atoms with Gasteiger partial charge in [-0.2, -0.15) is 11.3 Å². The van der Waals surface area contributed by atoms with Gasteiger partial charge in [-0.3, -0.25) is 4.79 Å². The van der Waals surface area contributed by atoms with Crippen LogP contribution in [-0.2, 0) is 4.79 Å². The Hall–Kier alpha value is -3.00. The third-order valence-electron chi connectivity index (χ3n) is 4.12. The Kier molecular flexibility index (Phi) is 5.13. The van der Waals surface area contributed by atoms with Crippen molar-refractivity contribution in [3.63, 3.8) is 0 Å². The van der Waals surface area contributed by atoms with E-state index in [-0.39, 0.29) is 11.9 Å². The second-order valence-electron chi connectivity index (χ2n) is 5.69. The third-order valence-corrected chi connectivity index (χ3v) is 4.82. The molecule has 7 nitrogen and oxygen atoms in total. The highest BCUT2D eigenvalue weighted by molar-refractivity contribution is 7.08. The normalized spacial score (nSPS) is 19.3. The van der Waals surface area contributed by atoms with Gasteiger partial charge in [-0.05, 0) is 34.5 Å². The van der Waals surface area contributed by atoms with Crippen molar-refractivity contribution in [3.05, 3.63) is 52.9 Å². The van der Waals surface area contributed by atoms with Crippen LogP contribution in [0.25, 0.3) is 0 Å². The summed E-state index contributed by atoms with van der Waals surface area (Å²) in [6.45, 7) is 3.86. The van der Waals surface area contributed by atoms with Crippen molar-refractivity contribution in [2.24, 2.45) is 5.92 Å². The number of benzene rings is 1. The van der Waals surface area contributed by atoms with Gasteiger partial charge in [-0.1, -0.05) is 6.58 Å². The SMILES string of the molecule is C=C1NC(=O)N[C@H](c2ccsc2)[C@H]1C(=O)Nc1cc(OC)ccc1OC. The summed E-state index contributed by atoms with van der Waals surface area (Å²) in [4.78, 5) is 24.8. The summed E-state index contributed by atoms with van der Waals surface area (Å²) in [5.41, 5.74) is 1.67. The van der Waals surface area contributed by atoms with E-state index in [4.69, 9.17) is 9.47 Å². The minimum Gasteiger partial charge on any atom is -0.497 e. The van der Waals surface area contributed by atoms with Crippen molar-refractivity contribution in [1.82, 2.24) is 10.6 Å². The summed E-state index contributed by atoms with van der Waals surface area (Å²) in [7, 11) is 3.06. The summed E-state index contributed by atoms with van der Waals surface area (Å²) < 4.78 is 10.5. The Balaban J connectivity index is 1.90. The van der Waals surface area contributed by atoms with Crippen LogP contribution >= 0.6 is 11.3 Å². The third kappa shape index (κ3) is 3.50. The Morgan fingerprint density at radius 2 is 2.08 bits per heavy atom. The molecule has 3 N–H and O–H groups in total. The number of nitrogens with one attached hydrogen (secondary N) is 3. The first-order valence-corrected chi connectivity index (χ1v) is 8.79. The first kappa shape index (κ1) is 17.8. The number of hydrogen-bond acceptors (Lipinski definition) is 5. The zero-order valence-electron chi connectivity index (χ0n) is 14.4. The summed E-state index contributed by atoms with van der Waals surface area (Å²) in [6.07, 6.45) is 0. The van der Waals surface area contributed by atoms with E-state index in [1.807, 2.05) is 16.8 Å². The molecule has 2 atom stereocenters. The minimum absolute atomic E-state index is 0.315. The van der Waals surface area contributed by atoms with Crippen molar-refractivity contribution < 1.29 is 19.1 Å². The van der Waals surface area contributed by atoms with Crippen molar-refractivity contribution in [2.45, 2.75) is 6.04 Å². The number of rotatable bonds is 5. The van der Waals surface area contributed by atoms with Gasteiger partial charge in [-0.15, -0.1) is 0 Å². The Bertz CT molecular complexity index is 835. The largest absolute Gasteiger partial charge is 0.497 e. The van der Waals surface area contributed by atoms with E-state index in [0.717, 1.165) is 5.56 Å². The van der Waals surface area contributed by atoms with E-state index in [2.05, 4.69) is 22.5 Å². The summed E-state index contributed by atoms with van der Waals surface area (Å²) in [6, 6.07) is 6.12. The van der Waals surface area contributed by atoms with E-state index in [9.17, 15) is 9.59 Å². The fraction of sp³-hybridized carbons (Fsp3) is 0.222. The molecule has 1 aromatic heterocycles. The summed E-state index contributed by atoms with van der Waals surface area (Å²) in [5, 5.41) is 12.0. The Morgan fingerprint density at radius 3 is 2.73 bits per heavy atom. The standard InChI is InChI=1S/C18H19N3O4S/c1-10-15(16(21-18(23)19-10)11-6-7-26-9-11)17(22)20-13-8-12(24-2)4-5-14(13)25-3/h4-9,15-16H,1H2,2-3H3,(H,20,22)(H2,19,21,23)/t15-,16+/m0/s1. The van der Waals surface area contributed by atoms with Gasteiger partial charge in [0, 0.05) is 11.8 Å². The van der Waals surface area contributed by atoms with Gasteiger partial charge in [-0.25, -0.2) is 4.79 Å². The van der Waals surface area contributed by atoms with Gasteiger partial charge in [0.15, 0.2) is 0 Å². The monoisotopic (exact) mass is 373 g/mol. The van der Waals surface area contributed by atoms with Crippen LogP contribution in [0, 0.1) is 5.92 Å². The second kappa shape index (κ2) is 7.49. The number of carbonyl (C=O) groups is 2. The van der Waals surface area contributed by atoms with E-state index >= 15 is 0 Å². The predicted molar refractivity (Wildman–Crippen MR) is 99.5 cm³/mol. The fourth-order valence-corrected chi connectivity index (χ4v) is 3.54. The molecule has 0 bridgehead atoms. The average molecular weight is 373 g/mol. The quantitative estimate of drug-likeness (QED) is 0.752. The van der Waals surface area contributed by atoms with Crippen LogP contribution in [0.5, 0.6) is 11.5 Å². The van der Waals surface area contributed by atoms with Gasteiger partial charge in [0.05, 0.1) is 25.9 Å². The molecular formula is C18H19N3O4S. The molecule has 1 aliphatic heterocycles. The average Bonchev–Trinajstić information content (AvgIpc) is 3.15. The van der Waals surface area contributed by atoms with Gasteiger partial charge < -0.3 is 25.4 Å². The van der Waals surface area contributed by atoms with Gasteiger partial charge in [0.2, 0.25) is 5.91 Å². The van der Waals surface area contributed by atoms with Crippen LogP contribution in [0.3, 0.4) is 0 Å². The number of amides is 3. The van der Waals surface area contributed by atoms with Crippen molar-refractivity contribution in [1.29, 1.82) is 0 Å². The number of carbonyl (C=O) groups excluding carboxylic acids is 2. The van der Waals surface area contributed by atoms with Crippen LogP contribution in [0.2, 0.25) is 0 Å². The molecule has 8 heteroatoms. The first-order valence-electron chi connectivity index (χ1n) is 7.84. The van der Waals surface area contributed by atoms with Crippen molar-refractivity contribution >= 4 is 29.0 Å². The molecule has 0 unspecified atom stereocenters. The van der Waals surface area contributed by atoms with Crippen LogP contribution in [0.1, 0.15) is 11.6 Å². The Labute approximate surface area is 155 Å². The molecular weight excluding hydrogens is 354 g/mol. The number of anilines is 1. The molecule has 0 spiro atoms. The predicted octanol–water partition coefficient (Wildman–Crippen LogP) is 2.89. The lowest BCUT2D eigenvalue weighted by Crippen LogP contribution is -2.51. The maximum Gasteiger partial charge on any atom is 0.319 e. The van der Waals surface area contributed by atoms with Crippen molar-refractivity contribution in [2.75, 3.05) is 19.5 Å². The molecule has 1 aromatic carbocycles. The molecule has 0 saturated carbocycles. The number of methoxy groups -OCH3 is 2. The van der Waals surface area contributed by atoms with Gasteiger partial charge in [0.25, 0.3) is 0 Å². The van der Waals surface area contributed by atoms with E-state index in [0.29, 0.717) is 22.9 Å². The maximum absolute atomic E-state index is 13.0. The lowest BCUT2D eigenvalue weighted by atomic mass is 9.89. The first-order chi connectivity index (χ1) is 12.5. The number of thiophene rings is 1. The zero-order valence-corrected chi connectivity index (χ0v) is 15.2. The highest BCUT2D eigenvalue weighted by atomic mass is 32.1. The molecule has 1 fully saturated rings. The van der Waals surface area contributed by atoms with E-state index in [1.165, 1.54) is 18.4 Å². The van der Waals surface area contributed by atoms with Crippen LogP contribution in [-0.4, -0.2) is 26.2 Å². The van der Waals surface area contributed by atoms with Crippen LogP contribution in [0.4, 0.5) is 10.5 Å². The molecule has 2 aromatic rings. The van der Waals surface area contributed by atoms with Crippen LogP contribution in [0.15, 0.2) is 47.3 Å². The Morgan fingerprint density at radius 1 is 1.27 bits per heavy atom. The van der Waals surface area contributed by atoms with E-state index in [1.54, 1.807) is 25.3 Å². The van der Waals surface area contributed by atoms with Gasteiger partial charge >= 0.3 is 6.03 Å². The second-order valence-corrected chi connectivity index (χ2v) is 6.47.